The van der Waals surface area contributed by atoms with Crippen LogP contribution in [0.15, 0.2) is 0 Å². The van der Waals surface area contributed by atoms with E-state index in [4.69, 9.17) is 4.43 Å². The molecule has 81 valence electrons. The van der Waals surface area contributed by atoms with Gasteiger partial charge in [-0.15, -0.1) is 0 Å². The van der Waals surface area contributed by atoms with Gasteiger partial charge in [-0.25, -0.2) is 0 Å². The second-order valence-corrected chi connectivity index (χ2v) is 4.99. The highest BCUT2D eigenvalue weighted by atomic mass is 28.2. The van der Waals surface area contributed by atoms with Gasteiger partial charge < -0.3 is 4.43 Å². The highest BCUT2D eigenvalue weighted by molar-refractivity contribution is 6.06. The molecule has 0 rings (SSSR count). The van der Waals surface area contributed by atoms with E-state index in [9.17, 15) is 4.79 Å². The van der Waals surface area contributed by atoms with Crippen LogP contribution in [0.2, 0.25) is 0 Å². The molecule has 3 heteroatoms. The van der Waals surface area contributed by atoms with Gasteiger partial charge in [-0.3, -0.25) is 4.79 Å². The Morgan fingerprint density at radius 1 is 1.00 bits per heavy atom. The smallest absolute Gasteiger partial charge is 0.345 e. The van der Waals surface area contributed by atoms with Crippen molar-refractivity contribution in [3.63, 3.8) is 0 Å². The highest BCUT2D eigenvalue weighted by Crippen LogP contribution is 2.43. The molecular weight excluding hydrogens is 192 g/mol. The first-order chi connectivity index (χ1) is 6.31. The van der Waals surface area contributed by atoms with E-state index >= 15 is 0 Å². The van der Waals surface area contributed by atoms with Crippen molar-refractivity contribution in [3.05, 3.63) is 0 Å². The Morgan fingerprint density at radius 3 is 1.36 bits per heavy atom. The summed E-state index contributed by atoms with van der Waals surface area (Å²) in [6.45, 7) is 12.4. The third-order valence-electron chi connectivity index (χ3n) is 3.31. The zero-order valence-corrected chi connectivity index (χ0v) is 11.0. The molecule has 2 nitrogen and oxygen atoms in total. The molecule has 0 aliphatic heterocycles. The van der Waals surface area contributed by atoms with Crippen LogP contribution in [-0.4, -0.2) is 16.5 Å². The maximum atomic E-state index is 11.9. The fourth-order valence-corrected chi connectivity index (χ4v) is 2.97. The van der Waals surface area contributed by atoms with Crippen LogP contribution < -0.4 is 0 Å². The van der Waals surface area contributed by atoms with E-state index in [1.807, 2.05) is 0 Å². The molecule has 14 heavy (non-hydrogen) atoms. The number of carbonyl (C=O) groups is 1. The van der Waals surface area contributed by atoms with Gasteiger partial charge in [0.05, 0.1) is 5.41 Å². The third kappa shape index (κ3) is 2.02. The van der Waals surface area contributed by atoms with Gasteiger partial charge in [0.1, 0.15) is 0 Å². The standard InChI is InChI=1S/C11H21O2Si/c1-7(2)11(8(3)4,9(5)6)10(12)13-14/h7-9H,1-6H3. The molecule has 0 amide bonds. The topological polar surface area (TPSA) is 26.3 Å². The van der Waals surface area contributed by atoms with Crippen LogP contribution in [0.1, 0.15) is 41.5 Å². The zero-order chi connectivity index (χ0) is 11.5. The van der Waals surface area contributed by atoms with Gasteiger partial charge in [-0.2, -0.15) is 0 Å². The maximum absolute atomic E-state index is 11.9. The molecule has 0 bridgehead atoms. The first kappa shape index (κ1) is 13.7. The summed E-state index contributed by atoms with van der Waals surface area (Å²) in [5, 5.41) is 0. The Labute approximate surface area is 91.0 Å². The first-order valence-electron chi connectivity index (χ1n) is 5.19. The van der Waals surface area contributed by atoms with Crippen molar-refractivity contribution in [2.45, 2.75) is 41.5 Å². The molecule has 0 aliphatic carbocycles. The Bertz CT molecular complexity index is 176. The number of carbonyl (C=O) groups excluding carboxylic acids is 1. The van der Waals surface area contributed by atoms with E-state index in [1.165, 1.54) is 0 Å². The fourth-order valence-electron chi connectivity index (χ4n) is 2.80. The summed E-state index contributed by atoms with van der Waals surface area (Å²) >= 11 is 0. The van der Waals surface area contributed by atoms with Crippen molar-refractivity contribution in [1.29, 1.82) is 0 Å². The summed E-state index contributed by atoms with van der Waals surface area (Å²) in [4.78, 5) is 11.9. The van der Waals surface area contributed by atoms with Crippen molar-refractivity contribution in [2.24, 2.45) is 23.2 Å². The molecule has 0 fully saturated rings. The molecule has 0 N–H and O–H groups in total. The summed E-state index contributed by atoms with van der Waals surface area (Å²) in [6.07, 6.45) is 0. The minimum atomic E-state index is -0.401. The lowest BCUT2D eigenvalue weighted by Gasteiger charge is -2.42. The lowest BCUT2D eigenvalue weighted by atomic mass is 9.62. The van der Waals surface area contributed by atoms with E-state index in [0.717, 1.165) is 0 Å². The molecule has 0 heterocycles. The molecule has 0 unspecified atom stereocenters. The van der Waals surface area contributed by atoms with Crippen molar-refractivity contribution in [1.82, 2.24) is 0 Å². The van der Waals surface area contributed by atoms with E-state index in [2.05, 4.69) is 52.0 Å². The molecule has 0 atom stereocenters. The average Bonchev–Trinajstić information content (AvgIpc) is 2.02. The maximum Gasteiger partial charge on any atom is 0.345 e. The van der Waals surface area contributed by atoms with Crippen molar-refractivity contribution < 1.29 is 9.22 Å². The normalized spacial score (nSPS) is 12.7. The predicted octanol–water partition coefficient (Wildman–Crippen LogP) is 2.57. The van der Waals surface area contributed by atoms with Crippen LogP contribution in [0.25, 0.3) is 0 Å². The van der Waals surface area contributed by atoms with E-state index < -0.39 is 5.41 Å². The molecule has 0 saturated heterocycles. The van der Waals surface area contributed by atoms with Gasteiger partial charge in [-0.1, -0.05) is 41.5 Å². The Kier molecular flexibility index (Phi) is 4.85. The molecule has 0 saturated carbocycles. The SMILES string of the molecule is CC(C)C(C(=O)O[Si])(C(C)C)C(C)C. The Balaban J connectivity index is 5.27. The van der Waals surface area contributed by atoms with Crippen LogP contribution in [-0.2, 0) is 9.22 Å². The number of rotatable bonds is 4. The summed E-state index contributed by atoms with van der Waals surface area (Å²) in [6, 6.07) is 0. The lowest BCUT2D eigenvalue weighted by Crippen LogP contribution is -2.46. The van der Waals surface area contributed by atoms with Gasteiger partial charge in [0.25, 0.3) is 5.97 Å². The van der Waals surface area contributed by atoms with Crippen molar-refractivity contribution in [3.8, 4) is 0 Å². The zero-order valence-electron chi connectivity index (χ0n) is 10.0. The van der Waals surface area contributed by atoms with Crippen LogP contribution in [0.5, 0.6) is 0 Å². The molecular formula is C11H21O2Si. The minimum absolute atomic E-state index is 0.158. The third-order valence-corrected chi connectivity index (χ3v) is 3.50. The van der Waals surface area contributed by atoms with Crippen LogP contribution in [0, 0.1) is 23.2 Å². The van der Waals surface area contributed by atoms with Gasteiger partial charge in [0.15, 0.2) is 0 Å². The van der Waals surface area contributed by atoms with E-state index in [0.29, 0.717) is 0 Å². The second kappa shape index (κ2) is 4.96. The molecule has 0 spiro atoms. The predicted molar refractivity (Wildman–Crippen MR) is 58.8 cm³/mol. The lowest BCUT2D eigenvalue weighted by molar-refractivity contribution is -0.156. The van der Waals surface area contributed by atoms with E-state index in [-0.39, 0.29) is 23.7 Å². The van der Waals surface area contributed by atoms with Gasteiger partial charge in [0.2, 0.25) is 0 Å². The molecule has 0 aliphatic rings. The quantitative estimate of drug-likeness (QED) is 0.671. The van der Waals surface area contributed by atoms with Gasteiger partial charge >= 0.3 is 10.5 Å². The van der Waals surface area contributed by atoms with Crippen LogP contribution in [0.3, 0.4) is 0 Å². The van der Waals surface area contributed by atoms with Gasteiger partial charge in [0, 0.05) is 0 Å². The molecule has 0 aromatic carbocycles. The second-order valence-electron chi connectivity index (χ2n) is 4.79. The molecule has 3 radical (unpaired) electrons. The summed E-state index contributed by atoms with van der Waals surface area (Å²) < 4.78 is 4.77. The van der Waals surface area contributed by atoms with Crippen LogP contribution >= 0.6 is 0 Å². The highest BCUT2D eigenvalue weighted by Gasteiger charge is 2.47. The minimum Gasteiger partial charge on any atom is -0.516 e. The first-order valence-corrected chi connectivity index (χ1v) is 5.60. The summed E-state index contributed by atoms with van der Waals surface area (Å²) in [7, 11) is 2.86. The van der Waals surface area contributed by atoms with Gasteiger partial charge in [-0.05, 0) is 17.8 Å². The summed E-state index contributed by atoms with van der Waals surface area (Å²) in [5.74, 6) is 0.651. The largest absolute Gasteiger partial charge is 0.516 e. The van der Waals surface area contributed by atoms with Crippen LogP contribution in [0.4, 0.5) is 0 Å². The monoisotopic (exact) mass is 213 g/mol. The summed E-state index contributed by atoms with van der Waals surface area (Å²) in [5.41, 5.74) is -0.401. The average molecular weight is 213 g/mol. The Morgan fingerprint density at radius 2 is 1.29 bits per heavy atom. The van der Waals surface area contributed by atoms with Crippen molar-refractivity contribution in [2.75, 3.05) is 0 Å². The van der Waals surface area contributed by atoms with E-state index in [1.54, 1.807) is 0 Å². The molecule has 0 aromatic rings. The number of hydrogen-bond acceptors (Lipinski definition) is 2. The van der Waals surface area contributed by atoms with Crippen molar-refractivity contribution >= 4 is 16.5 Å². The number of hydrogen-bond donors (Lipinski definition) is 0. The fraction of sp³-hybridized carbons (Fsp3) is 0.909. The Hall–Kier alpha value is -0.313. The molecule has 0 aromatic heterocycles.